The summed E-state index contributed by atoms with van der Waals surface area (Å²) in [7, 11) is 0. The second-order valence-electron chi connectivity index (χ2n) is 4.02. The number of H-pyrrole nitrogens is 1. The predicted octanol–water partition coefficient (Wildman–Crippen LogP) is 2.49. The number of nitrogens with one attached hydrogen (secondary N) is 1. The normalized spacial score (nSPS) is 17.7. The van der Waals surface area contributed by atoms with Gasteiger partial charge in [0.05, 0.1) is 6.20 Å². The van der Waals surface area contributed by atoms with Crippen LogP contribution in [0.1, 0.15) is 18.9 Å². The predicted molar refractivity (Wildman–Crippen MR) is 66.8 cm³/mol. The third-order valence-electron chi connectivity index (χ3n) is 2.98. The van der Waals surface area contributed by atoms with E-state index in [1.165, 1.54) is 0 Å². The third-order valence-corrected chi connectivity index (χ3v) is 3.46. The highest BCUT2D eigenvalue weighted by Gasteiger charge is 2.19. The van der Waals surface area contributed by atoms with E-state index in [1.807, 2.05) is 4.57 Å². The first-order valence-corrected chi connectivity index (χ1v) is 6.25. The van der Waals surface area contributed by atoms with E-state index < -0.39 is 0 Å². The molecular weight excluding hydrogens is 260 g/mol. The minimum atomic E-state index is 0.243. The van der Waals surface area contributed by atoms with Crippen LogP contribution in [0.3, 0.4) is 0 Å². The Balaban J connectivity index is 2.16. The largest absolute Gasteiger partial charge is 0.381 e. The van der Waals surface area contributed by atoms with Crippen LogP contribution in [-0.2, 0) is 4.74 Å². The molecule has 90 valence electrons. The summed E-state index contributed by atoms with van der Waals surface area (Å²) in [5, 5.41) is 0.243. The van der Waals surface area contributed by atoms with Gasteiger partial charge >= 0.3 is 0 Å². The zero-order chi connectivity index (χ0) is 11.8. The Morgan fingerprint density at radius 2 is 2.24 bits per heavy atom. The maximum absolute atomic E-state index is 5.83. The highest BCUT2D eigenvalue weighted by molar-refractivity contribution is 7.71. The molecule has 0 radical (unpaired) electrons. The van der Waals surface area contributed by atoms with E-state index in [2.05, 4.69) is 15.0 Å². The maximum Gasteiger partial charge on any atom is 0.224 e. The van der Waals surface area contributed by atoms with Gasteiger partial charge in [-0.1, -0.05) is 0 Å². The summed E-state index contributed by atoms with van der Waals surface area (Å²) in [6, 6.07) is 0.330. The molecule has 7 heteroatoms. The van der Waals surface area contributed by atoms with E-state index in [9.17, 15) is 0 Å². The van der Waals surface area contributed by atoms with Crippen molar-refractivity contribution in [3.8, 4) is 0 Å². The Bertz CT molecular complexity index is 602. The average molecular weight is 271 g/mol. The Kier molecular flexibility index (Phi) is 2.85. The molecule has 3 rings (SSSR count). The highest BCUT2D eigenvalue weighted by Crippen LogP contribution is 2.25. The number of halogens is 1. The van der Waals surface area contributed by atoms with E-state index in [-0.39, 0.29) is 5.28 Å². The van der Waals surface area contributed by atoms with Crippen molar-refractivity contribution in [1.82, 2.24) is 19.5 Å². The Morgan fingerprint density at radius 3 is 3.00 bits per heavy atom. The standard InChI is InChI=1S/C10H11ClN4OS/c11-9-12-5-7-8(14-9)15(10(17)13-7)6-1-3-16-4-2-6/h5-6H,1-4H2,(H,13,17). The monoisotopic (exact) mass is 270 g/mol. The van der Waals surface area contributed by atoms with Gasteiger partial charge in [0.25, 0.3) is 0 Å². The lowest BCUT2D eigenvalue weighted by Crippen LogP contribution is -2.19. The Labute approximate surface area is 108 Å². The molecule has 0 atom stereocenters. The fourth-order valence-corrected chi connectivity index (χ4v) is 2.65. The maximum atomic E-state index is 5.83. The van der Waals surface area contributed by atoms with Crippen LogP contribution in [0.25, 0.3) is 11.2 Å². The minimum Gasteiger partial charge on any atom is -0.381 e. The summed E-state index contributed by atoms with van der Waals surface area (Å²) in [5.74, 6) is 0. The van der Waals surface area contributed by atoms with Crippen molar-refractivity contribution in [2.45, 2.75) is 18.9 Å². The topological polar surface area (TPSA) is 55.7 Å². The van der Waals surface area contributed by atoms with Gasteiger partial charge in [0.1, 0.15) is 5.52 Å². The second-order valence-corrected chi connectivity index (χ2v) is 4.74. The molecule has 17 heavy (non-hydrogen) atoms. The lowest BCUT2D eigenvalue weighted by Gasteiger charge is -2.23. The van der Waals surface area contributed by atoms with Crippen LogP contribution in [0.4, 0.5) is 0 Å². The second kappa shape index (κ2) is 4.36. The summed E-state index contributed by atoms with van der Waals surface area (Å²) >= 11 is 11.2. The first-order chi connectivity index (χ1) is 8.25. The van der Waals surface area contributed by atoms with Gasteiger partial charge in [0.15, 0.2) is 10.4 Å². The quantitative estimate of drug-likeness (QED) is 0.639. The molecule has 2 aromatic heterocycles. The molecule has 1 aliphatic heterocycles. The lowest BCUT2D eigenvalue weighted by molar-refractivity contribution is 0.0701. The summed E-state index contributed by atoms with van der Waals surface area (Å²) < 4.78 is 8.06. The van der Waals surface area contributed by atoms with Crippen LogP contribution < -0.4 is 0 Å². The molecule has 0 spiro atoms. The Morgan fingerprint density at radius 1 is 1.47 bits per heavy atom. The smallest absolute Gasteiger partial charge is 0.224 e. The number of aromatic nitrogens is 4. The fraction of sp³-hybridized carbons (Fsp3) is 0.500. The molecule has 1 aliphatic rings. The van der Waals surface area contributed by atoms with Crippen molar-refractivity contribution in [3.05, 3.63) is 16.3 Å². The summed E-state index contributed by atoms with van der Waals surface area (Å²) in [5.41, 5.74) is 1.60. The van der Waals surface area contributed by atoms with E-state index in [0.717, 1.165) is 37.2 Å². The van der Waals surface area contributed by atoms with E-state index >= 15 is 0 Å². The number of ether oxygens (including phenoxy) is 1. The van der Waals surface area contributed by atoms with Gasteiger partial charge in [0, 0.05) is 19.3 Å². The van der Waals surface area contributed by atoms with Crippen molar-refractivity contribution in [2.24, 2.45) is 0 Å². The van der Waals surface area contributed by atoms with Gasteiger partial charge < -0.3 is 9.72 Å². The lowest BCUT2D eigenvalue weighted by atomic mass is 10.1. The molecule has 0 aromatic carbocycles. The highest BCUT2D eigenvalue weighted by atomic mass is 35.5. The van der Waals surface area contributed by atoms with Gasteiger partial charge in [-0.3, -0.25) is 4.57 Å². The average Bonchev–Trinajstić information content (AvgIpc) is 2.65. The van der Waals surface area contributed by atoms with Crippen molar-refractivity contribution in [1.29, 1.82) is 0 Å². The molecule has 0 unspecified atom stereocenters. The minimum absolute atomic E-state index is 0.243. The van der Waals surface area contributed by atoms with Gasteiger partial charge in [-0.05, 0) is 36.7 Å². The van der Waals surface area contributed by atoms with Crippen molar-refractivity contribution in [3.63, 3.8) is 0 Å². The van der Waals surface area contributed by atoms with Crippen LogP contribution in [0.5, 0.6) is 0 Å². The van der Waals surface area contributed by atoms with Crippen LogP contribution in [0.15, 0.2) is 6.20 Å². The van der Waals surface area contributed by atoms with Crippen LogP contribution in [-0.4, -0.2) is 32.7 Å². The summed E-state index contributed by atoms with van der Waals surface area (Å²) in [6.07, 6.45) is 3.56. The first-order valence-electron chi connectivity index (χ1n) is 5.46. The molecule has 1 fully saturated rings. The number of rotatable bonds is 1. The third kappa shape index (κ3) is 1.96. The van der Waals surface area contributed by atoms with Gasteiger partial charge in [-0.2, -0.15) is 4.98 Å². The number of imidazole rings is 1. The number of aromatic amines is 1. The van der Waals surface area contributed by atoms with Gasteiger partial charge in [0.2, 0.25) is 5.28 Å². The molecule has 0 bridgehead atoms. The van der Waals surface area contributed by atoms with Gasteiger partial charge in [-0.25, -0.2) is 4.98 Å². The summed E-state index contributed by atoms with van der Waals surface area (Å²) in [4.78, 5) is 11.3. The fourth-order valence-electron chi connectivity index (χ4n) is 2.18. The Hall–Kier alpha value is -0.980. The van der Waals surface area contributed by atoms with E-state index in [0.29, 0.717) is 10.8 Å². The molecule has 3 heterocycles. The first kappa shape index (κ1) is 11.1. The molecule has 0 aliphatic carbocycles. The number of hydrogen-bond acceptors (Lipinski definition) is 4. The molecule has 1 N–H and O–H groups in total. The van der Waals surface area contributed by atoms with E-state index in [1.54, 1.807) is 6.20 Å². The molecule has 0 saturated carbocycles. The SMILES string of the molecule is S=c1[nH]c2cnc(Cl)nc2n1C1CCOCC1. The molecule has 1 saturated heterocycles. The van der Waals surface area contributed by atoms with Crippen LogP contribution in [0, 0.1) is 4.77 Å². The molecule has 0 amide bonds. The molecular formula is C10H11ClN4OS. The van der Waals surface area contributed by atoms with Crippen molar-refractivity contribution >= 4 is 35.0 Å². The molecule has 5 nitrogen and oxygen atoms in total. The van der Waals surface area contributed by atoms with Crippen molar-refractivity contribution in [2.75, 3.05) is 13.2 Å². The van der Waals surface area contributed by atoms with E-state index in [4.69, 9.17) is 28.6 Å². The zero-order valence-electron chi connectivity index (χ0n) is 9.02. The van der Waals surface area contributed by atoms with Crippen LogP contribution >= 0.6 is 23.8 Å². The molecule has 2 aromatic rings. The van der Waals surface area contributed by atoms with Crippen LogP contribution in [0.2, 0.25) is 5.28 Å². The van der Waals surface area contributed by atoms with Crippen molar-refractivity contribution < 1.29 is 4.74 Å². The number of nitrogens with zero attached hydrogens (tertiary/aromatic N) is 3. The zero-order valence-corrected chi connectivity index (χ0v) is 10.6. The number of fused-ring (bicyclic) bond motifs is 1. The number of hydrogen-bond donors (Lipinski definition) is 1. The van der Waals surface area contributed by atoms with Gasteiger partial charge in [-0.15, -0.1) is 0 Å². The summed E-state index contributed by atoms with van der Waals surface area (Å²) in [6.45, 7) is 1.52.